The van der Waals surface area contributed by atoms with Crippen molar-refractivity contribution in [1.82, 2.24) is 0 Å². The van der Waals surface area contributed by atoms with E-state index in [4.69, 9.17) is 10.5 Å². The van der Waals surface area contributed by atoms with Crippen LogP contribution in [-0.2, 0) is 0 Å². The zero-order chi connectivity index (χ0) is 13.8. The van der Waals surface area contributed by atoms with Crippen LogP contribution in [0.5, 0.6) is 5.75 Å². The molecule has 0 radical (unpaired) electrons. The Morgan fingerprint density at radius 3 is 2.61 bits per heavy atom. The maximum atomic E-state index is 5.76. The average molecular weight is 315 g/mol. The molecule has 102 valence electrons. The van der Waals surface area contributed by atoms with Gasteiger partial charge in [0.25, 0.3) is 0 Å². The van der Waals surface area contributed by atoms with Gasteiger partial charge in [-0.1, -0.05) is 29.8 Å². The highest BCUT2D eigenvalue weighted by Gasteiger charge is 2.17. The van der Waals surface area contributed by atoms with Gasteiger partial charge in [0.2, 0.25) is 0 Å². The van der Waals surface area contributed by atoms with Crippen LogP contribution in [0.15, 0.2) is 22.7 Å². The summed E-state index contributed by atoms with van der Waals surface area (Å²) < 4.78 is 6.45. The first-order valence-corrected chi connectivity index (χ1v) is 6.93. The van der Waals surface area contributed by atoms with Crippen LogP contribution in [0.25, 0.3) is 0 Å². The molecule has 0 aliphatic rings. The molecule has 0 heterocycles. The molecule has 1 aromatic carbocycles. The third-order valence-corrected chi connectivity index (χ3v) is 3.72. The van der Waals surface area contributed by atoms with Gasteiger partial charge >= 0.3 is 0 Å². The van der Waals surface area contributed by atoms with E-state index >= 15 is 0 Å². The Labute approximate surface area is 118 Å². The number of ether oxygens (including phenoxy) is 1. The summed E-state index contributed by atoms with van der Waals surface area (Å²) in [6, 6.07) is 6.04. The lowest BCUT2D eigenvalue weighted by molar-refractivity contribution is 0.350. The normalized spacial score (nSPS) is 11.4. The smallest absolute Gasteiger partial charge is 0.142 e. The minimum absolute atomic E-state index is 0.174. The molecule has 0 unspecified atom stereocenters. The Hall–Kier alpha value is -0.740. The molecule has 2 N–H and O–H groups in total. The van der Waals surface area contributed by atoms with Gasteiger partial charge < -0.3 is 15.4 Å². The van der Waals surface area contributed by atoms with E-state index in [-0.39, 0.29) is 5.41 Å². The molecule has 1 aromatic rings. The Bertz CT molecular complexity index is 393. The summed E-state index contributed by atoms with van der Waals surface area (Å²) in [4.78, 5) is 2.21. The minimum Gasteiger partial charge on any atom is -0.495 e. The first-order valence-electron chi connectivity index (χ1n) is 6.14. The van der Waals surface area contributed by atoms with Crippen LogP contribution in [0.2, 0.25) is 0 Å². The van der Waals surface area contributed by atoms with Crippen molar-refractivity contribution in [3.8, 4) is 5.75 Å². The van der Waals surface area contributed by atoms with Crippen molar-refractivity contribution >= 4 is 21.6 Å². The largest absolute Gasteiger partial charge is 0.495 e. The second-order valence-corrected chi connectivity index (χ2v) is 6.27. The lowest BCUT2D eigenvalue weighted by Crippen LogP contribution is -2.29. The molecule has 0 spiro atoms. The first-order chi connectivity index (χ1) is 8.39. The number of nitrogens with zero attached hydrogens (tertiary/aromatic N) is 1. The third-order valence-electron chi connectivity index (χ3n) is 3.23. The van der Waals surface area contributed by atoms with Crippen LogP contribution in [0.1, 0.15) is 20.3 Å². The van der Waals surface area contributed by atoms with E-state index in [9.17, 15) is 0 Å². The topological polar surface area (TPSA) is 38.5 Å². The molecule has 0 amide bonds. The van der Waals surface area contributed by atoms with Gasteiger partial charge in [0.15, 0.2) is 0 Å². The highest BCUT2D eigenvalue weighted by atomic mass is 79.9. The van der Waals surface area contributed by atoms with E-state index < -0.39 is 0 Å². The van der Waals surface area contributed by atoms with Gasteiger partial charge in [-0.25, -0.2) is 0 Å². The summed E-state index contributed by atoms with van der Waals surface area (Å²) in [5, 5.41) is 0. The number of hydrogen-bond acceptors (Lipinski definition) is 3. The van der Waals surface area contributed by atoms with Gasteiger partial charge in [-0.05, 0) is 36.6 Å². The number of halogens is 1. The first kappa shape index (κ1) is 15.3. The summed E-state index contributed by atoms with van der Waals surface area (Å²) in [6.45, 7) is 6.05. The summed E-state index contributed by atoms with van der Waals surface area (Å²) in [5.74, 6) is 0.895. The molecule has 0 aliphatic heterocycles. The molecule has 0 fully saturated rings. The van der Waals surface area contributed by atoms with E-state index in [1.807, 2.05) is 12.1 Å². The fourth-order valence-corrected chi connectivity index (χ4v) is 2.00. The Kier molecular flexibility index (Phi) is 5.47. The second kappa shape index (κ2) is 6.43. The van der Waals surface area contributed by atoms with Gasteiger partial charge in [0, 0.05) is 18.1 Å². The third kappa shape index (κ3) is 4.18. The SMILES string of the molecule is COc1ccc(Br)cc1N(C)CCC(C)(C)CN. The van der Waals surface area contributed by atoms with Gasteiger partial charge in [0.05, 0.1) is 12.8 Å². The number of benzene rings is 1. The monoisotopic (exact) mass is 314 g/mol. The number of nitrogens with two attached hydrogens (primary N) is 1. The van der Waals surface area contributed by atoms with Crippen LogP contribution in [0.3, 0.4) is 0 Å². The van der Waals surface area contributed by atoms with Crippen LogP contribution < -0.4 is 15.4 Å². The molecule has 0 atom stereocenters. The van der Waals surface area contributed by atoms with E-state index in [2.05, 4.69) is 47.8 Å². The van der Waals surface area contributed by atoms with Crippen molar-refractivity contribution in [1.29, 1.82) is 0 Å². The molecular weight excluding hydrogens is 292 g/mol. The molecule has 0 aliphatic carbocycles. The fraction of sp³-hybridized carbons (Fsp3) is 0.571. The lowest BCUT2D eigenvalue weighted by Gasteiger charge is -2.28. The minimum atomic E-state index is 0.174. The highest BCUT2D eigenvalue weighted by molar-refractivity contribution is 9.10. The molecule has 4 heteroatoms. The zero-order valence-electron chi connectivity index (χ0n) is 11.7. The van der Waals surface area contributed by atoms with E-state index in [0.717, 1.165) is 28.9 Å². The van der Waals surface area contributed by atoms with Gasteiger partial charge in [0.1, 0.15) is 5.75 Å². The lowest BCUT2D eigenvalue weighted by atomic mass is 9.89. The predicted molar refractivity (Wildman–Crippen MR) is 81.4 cm³/mol. The van der Waals surface area contributed by atoms with Gasteiger partial charge in [-0.15, -0.1) is 0 Å². The molecule has 3 nitrogen and oxygen atoms in total. The van der Waals surface area contributed by atoms with E-state index in [1.54, 1.807) is 7.11 Å². The van der Waals surface area contributed by atoms with Crippen molar-refractivity contribution in [2.75, 3.05) is 32.1 Å². The van der Waals surface area contributed by atoms with Crippen molar-refractivity contribution in [2.45, 2.75) is 20.3 Å². The molecule has 0 aromatic heterocycles. The standard InChI is InChI=1S/C14H23BrN2O/c1-14(2,10-16)7-8-17(3)12-9-11(15)5-6-13(12)18-4/h5-6,9H,7-8,10,16H2,1-4H3. The second-order valence-electron chi connectivity index (χ2n) is 5.36. The van der Waals surface area contributed by atoms with E-state index in [0.29, 0.717) is 6.54 Å². The number of rotatable bonds is 6. The molecule has 0 saturated carbocycles. The van der Waals surface area contributed by atoms with Crippen molar-refractivity contribution in [2.24, 2.45) is 11.1 Å². The van der Waals surface area contributed by atoms with Gasteiger partial charge in [-0.2, -0.15) is 0 Å². The van der Waals surface area contributed by atoms with Gasteiger partial charge in [-0.3, -0.25) is 0 Å². The predicted octanol–water partition coefficient (Wildman–Crippen LogP) is 3.27. The highest BCUT2D eigenvalue weighted by Crippen LogP contribution is 2.31. The maximum absolute atomic E-state index is 5.76. The van der Waals surface area contributed by atoms with E-state index in [1.165, 1.54) is 0 Å². The quantitative estimate of drug-likeness (QED) is 0.875. The average Bonchev–Trinajstić information content (AvgIpc) is 2.36. The number of anilines is 1. The van der Waals surface area contributed by atoms with Crippen LogP contribution >= 0.6 is 15.9 Å². The van der Waals surface area contributed by atoms with Crippen LogP contribution in [0.4, 0.5) is 5.69 Å². The molecule has 0 saturated heterocycles. The Balaban J connectivity index is 2.77. The summed E-state index contributed by atoms with van der Waals surface area (Å²) in [7, 11) is 3.78. The van der Waals surface area contributed by atoms with Crippen LogP contribution in [-0.4, -0.2) is 27.2 Å². The number of hydrogen-bond donors (Lipinski definition) is 1. The Morgan fingerprint density at radius 1 is 1.39 bits per heavy atom. The Morgan fingerprint density at radius 2 is 2.06 bits per heavy atom. The van der Waals surface area contributed by atoms with Crippen molar-refractivity contribution < 1.29 is 4.74 Å². The molecular formula is C14H23BrN2O. The molecule has 1 rings (SSSR count). The van der Waals surface area contributed by atoms with Crippen molar-refractivity contribution in [3.63, 3.8) is 0 Å². The summed E-state index contributed by atoms with van der Waals surface area (Å²) in [6.07, 6.45) is 1.05. The summed E-state index contributed by atoms with van der Waals surface area (Å²) in [5.41, 5.74) is 7.03. The zero-order valence-corrected chi connectivity index (χ0v) is 13.3. The van der Waals surface area contributed by atoms with Crippen molar-refractivity contribution in [3.05, 3.63) is 22.7 Å². The molecule has 18 heavy (non-hydrogen) atoms. The fourth-order valence-electron chi connectivity index (χ4n) is 1.65. The maximum Gasteiger partial charge on any atom is 0.142 e. The molecule has 0 bridgehead atoms. The summed E-state index contributed by atoms with van der Waals surface area (Å²) >= 11 is 3.50. The number of methoxy groups -OCH3 is 1. The van der Waals surface area contributed by atoms with Crippen LogP contribution in [0, 0.1) is 5.41 Å².